The third-order valence-electron chi connectivity index (χ3n) is 3.06. The van der Waals surface area contributed by atoms with Gasteiger partial charge in [0.25, 0.3) is 0 Å². The van der Waals surface area contributed by atoms with Gasteiger partial charge in [0.1, 0.15) is 0 Å². The van der Waals surface area contributed by atoms with Crippen LogP contribution in [-0.2, 0) is 11.3 Å². The highest BCUT2D eigenvalue weighted by Crippen LogP contribution is 2.25. The molecular formula is C15H17NO4. The third kappa shape index (κ3) is 3.33. The molecule has 0 saturated heterocycles. The van der Waals surface area contributed by atoms with Gasteiger partial charge < -0.3 is 20.2 Å². The highest BCUT2D eigenvalue weighted by Gasteiger charge is 2.33. The van der Waals surface area contributed by atoms with E-state index in [0.29, 0.717) is 6.54 Å². The van der Waals surface area contributed by atoms with Crippen molar-refractivity contribution >= 4 is 5.78 Å². The van der Waals surface area contributed by atoms with E-state index in [1.807, 2.05) is 30.3 Å². The van der Waals surface area contributed by atoms with E-state index in [-0.39, 0.29) is 24.6 Å². The largest absolute Gasteiger partial charge is 0.395 e. The lowest BCUT2D eigenvalue weighted by molar-refractivity contribution is -0.119. The number of hydrogen-bond donors (Lipinski definition) is 3. The Labute approximate surface area is 117 Å². The number of aliphatic hydroxyl groups excluding tert-OH is 1. The Kier molecular flexibility index (Phi) is 4.34. The molecule has 0 aliphatic heterocycles. The van der Waals surface area contributed by atoms with Gasteiger partial charge >= 0.3 is 0 Å². The van der Waals surface area contributed by atoms with Crippen LogP contribution in [0.2, 0.25) is 0 Å². The maximum atomic E-state index is 11.4. The summed E-state index contributed by atoms with van der Waals surface area (Å²) < 4.78 is 0. The van der Waals surface area contributed by atoms with Crippen molar-refractivity contribution in [2.75, 3.05) is 13.2 Å². The summed E-state index contributed by atoms with van der Waals surface area (Å²) in [5.41, 5.74) is 1.02. The molecule has 0 fully saturated rings. The van der Waals surface area contributed by atoms with Crippen molar-refractivity contribution in [3.63, 3.8) is 0 Å². The Morgan fingerprint density at radius 1 is 1.15 bits per heavy atom. The molecule has 2 rings (SSSR count). The molecule has 20 heavy (non-hydrogen) atoms. The molecule has 5 nitrogen and oxygen atoms in total. The molecule has 0 atom stereocenters. The summed E-state index contributed by atoms with van der Waals surface area (Å²) >= 11 is 0. The van der Waals surface area contributed by atoms with E-state index < -0.39 is 5.79 Å². The summed E-state index contributed by atoms with van der Waals surface area (Å²) in [4.78, 5) is 13.0. The lowest BCUT2D eigenvalue weighted by atomic mass is 10.0. The molecule has 1 aliphatic rings. The Morgan fingerprint density at radius 2 is 1.85 bits per heavy atom. The second-order valence-electron chi connectivity index (χ2n) is 4.62. The van der Waals surface area contributed by atoms with Crippen LogP contribution in [0.25, 0.3) is 0 Å². The van der Waals surface area contributed by atoms with Crippen molar-refractivity contribution in [2.45, 2.75) is 12.3 Å². The fourth-order valence-corrected chi connectivity index (χ4v) is 2.11. The highest BCUT2D eigenvalue weighted by atomic mass is 16.5. The van der Waals surface area contributed by atoms with Gasteiger partial charge in [0.05, 0.1) is 12.3 Å². The van der Waals surface area contributed by atoms with Crippen LogP contribution in [0.5, 0.6) is 0 Å². The fraction of sp³-hybridized carbons (Fsp3) is 0.267. The van der Waals surface area contributed by atoms with Crippen molar-refractivity contribution < 1.29 is 20.1 Å². The monoisotopic (exact) mass is 275 g/mol. The molecule has 3 N–H and O–H groups in total. The van der Waals surface area contributed by atoms with E-state index in [9.17, 15) is 15.0 Å². The first-order valence-electron chi connectivity index (χ1n) is 6.33. The molecule has 0 spiro atoms. The predicted molar refractivity (Wildman–Crippen MR) is 73.3 cm³/mol. The molecule has 0 amide bonds. The van der Waals surface area contributed by atoms with Gasteiger partial charge in [0.15, 0.2) is 5.78 Å². The lowest BCUT2D eigenvalue weighted by Crippen LogP contribution is -2.42. The van der Waals surface area contributed by atoms with Crippen LogP contribution in [0.4, 0.5) is 0 Å². The van der Waals surface area contributed by atoms with Crippen LogP contribution in [0.3, 0.4) is 0 Å². The SMILES string of the molecule is O=C1C=CC(O)(O)C(N(CCO)Cc2ccccc2)=C1. The lowest BCUT2D eigenvalue weighted by Gasteiger charge is -2.34. The van der Waals surface area contributed by atoms with Crippen molar-refractivity contribution in [3.8, 4) is 0 Å². The Hall–Kier alpha value is -1.95. The van der Waals surface area contributed by atoms with Crippen molar-refractivity contribution in [1.29, 1.82) is 0 Å². The van der Waals surface area contributed by atoms with Gasteiger partial charge in [-0.25, -0.2) is 0 Å². The van der Waals surface area contributed by atoms with Gasteiger partial charge in [-0.2, -0.15) is 0 Å². The smallest absolute Gasteiger partial charge is 0.225 e. The van der Waals surface area contributed by atoms with Crippen LogP contribution in [0.1, 0.15) is 5.56 Å². The predicted octanol–water partition coefficient (Wildman–Crippen LogP) is 0.185. The summed E-state index contributed by atoms with van der Waals surface area (Å²) in [6.07, 6.45) is 3.34. The maximum Gasteiger partial charge on any atom is 0.225 e. The van der Waals surface area contributed by atoms with Crippen LogP contribution in [-0.4, -0.2) is 44.9 Å². The number of ketones is 1. The van der Waals surface area contributed by atoms with E-state index in [1.165, 1.54) is 6.08 Å². The fourth-order valence-electron chi connectivity index (χ4n) is 2.11. The molecule has 0 heterocycles. The number of allylic oxidation sites excluding steroid dienone is 2. The van der Waals surface area contributed by atoms with Gasteiger partial charge in [-0.05, 0) is 17.7 Å². The van der Waals surface area contributed by atoms with Crippen LogP contribution in [0.15, 0.2) is 54.3 Å². The summed E-state index contributed by atoms with van der Waals surface area (Å²) in [5.74, 6) is -2.51. The summed E-state index contributed by atoms with van der Waals surface area (Å²) in [6.45, 7) is 0.417. The van der Waals surface area contributed by atoms with Crippen LogP contribution >= 0.6 is 0 Å². The van der Waals surface area contributed by atoms with Crippen molar-refractivity contribution in [1.82, 2.24) is 4.90 Å². The minimum absolute atomic E-state index is 0.0721. The normalized spacial score (nSPS) is 16.9. The van der Waals surface area contributed by atoms with Gasteiger partial charge in [0.2, 0.25) is 5.79 Å². The zero-order valence-corrected chi connectivity index (χ0v) is 10.9. The molecule has 0 bridgehead atoms. The van der Waals surface area contributed by atoms with Crippen LogP contribution < -0.4 is 0 Å². The summed E-state index contributed by atoms with van der Waals surface area (Å²) in [6, 6.07) is 9.41. The number of hydrogen-bond acceptors (Lipinski definition) is 5. The zero-order valence-electron chi connectivity index (χ0n) is 10.9. The average molecular weight is 275 g/mol. The van der Waals surface area contributed by atoms with Gasteiger partial charge in [-0.3, -0.25) is 4.79 Å². The zero-order chi connectivity index (χ0) is 14.6. The molecule has 0 saturated carbocycles. The van der Waals surface area contributed by atoms with Crippen molar-refractivity contribution in [2.24, 2.45) is 0 Å². The minimum atomic E-state index is -2.20. The third-order valence-corrected chi connectivity index (χ3v) is 3.06. The molecule has 1 aromatic carbocycles. The second kappa shape index (κ2) is 6.00. The molecule has 0 radical (unpaired) electrons. The molecule has 106 valence electrons. The summed E-state index contributed by atoms with van der Waals surface area (Å²) in [7, 11) is 0. The number of carbonyl (C=O) groups excluding carboxylic acids is 1. The van der Waals surface area contributed by atoms with E-state index in [0.717, 1.165) is 17.7 Å². The van der Waals surface area contributed by atoms with E-state index in [4.69, 9.17) is 5.11 Å². The number of rotatable bonds is 5. The Balaban J connectivity index is 2.26. The van der Waals surface area contributed by atoms with Gasteiger partial charge in [-0.1, -0.05) is 30.3 Å². The van der Waals surface area contributed by atoms with Gasteiger partial charge in [-0.15, -0.1) is 0 Å². The first kappa shape index (κ1) is 14.5. The average Bonchev–Trinajstić information content (AvgIpc) is 2.42. The number of benzene rings is 1. The van der Waals surface area contributed by atoms with E-state index in [2.05, 4.69) is 0 Å². The molecule has 1 aromatic rings. The number of aliphatic hydroxyl groups is 3. The molecule has 0 aromatic heterocycles. The van der Waals surface area contributed by atoms with Crippen LogP contribution in [0, 0.1) is 0 Å². The maximum absolute atomic E-state index is 11.4. The van der Waals surface area contributed by atoms with E-state index >= 15 is 0 Å². The molecule has 1 aliphatic carbocycles. The van der Waals surface area contributed by atoms with E-state index in [1.54, 1.807) is 4.90 Å². The molecule has 5 heteroatoms. The van der Waals surface area contributed by atoms with Crippen molar-refractivity contribution in [3.05, 3.63) is 59.8 Å². The first-order valence-corrected chi connectivity index (χ1v) is 6.33. The van der Waals surface area contributed by atoms with Gasteiger partial charge in [0, 0.05) is 19.2 Å². The summed E-state index contributed by atoms with van der Waals surface area (Å²) in [5, 5.41) is 29.1. The topological polar surface area (TPSA) is 81.0 Å². The Bertz CT molecular complexity index is 534. The quantitative estimate of drug-likeness (QED) is 0.668. The standard InChI is InChI=1S/C15H17NO4/c17-9-8-16(11-12-4-2-1-3-5-12)14-10-13(18)6-7-15(14,19)20/h1-7,10,17,19-20H,8-9,11H2. The molecular weight excluding hydrogens is 258 g/mol. The second-order valence-corrected chi connectivity index (χ2v) is 4.62. The number of nitrogens with zero attached hydrogens (tertiary/aromatic N) is 1. The highest BCUT2D eigenvalue weighted by molar-refractivity contribution is 6.01. The Morgan fingerprint density at radius 3 is 2.50 bits per heavy atom. The molecule has 0 unspecified atom stereocenters. The number of carbonyl (C=O) groups is 1. The first-order chi connectivity index (χ1) is 9.53. The minimum Gasteiger partial charge on any atom is -0.395 e.